The number of ether oxygens (including phenoxy) is 2. The monoisotopic (exact) mass is 404 g/mol. The number of thioether (sulfide) groups is 1. The number of rotatable bonds is 10. The Kier molecular flexibility index (Phi) is 8.28. The van der Waals surface area contributed by atoms with Gasteiger partial charge in [-0.3, -0.25) is 9.59 Å². The third-order valence-corrected chi connectivity index (χ3v) is 4.84. The number of β-lactam (4-membered cyclic amide) rings is 1. The van der Waals surface area contributed by atoms with E-state index in [0.717, 1.165) is 5.56 Å². The molecule has 0 saturated carbocycles. The second kappa shape index (κ2) is 10.7. The Morgan fingerprint density at radius 3 is 2.68 bits per heavy atom. The zero-order valence-corrected chi connectivity index (χ0v) is 16.6. The van der Waals surface area contributed by atoms with Crippen LogP contribution in [-0.2, 0) is 30.5 Å². The average molecular weight is 404 g/mol. The zero-order chi connectivity index (χ0) is 20.5. The molecular weight excluding hydrogens is 380 g/mol. The molecule has 150 valence electrons. The van der Waals surface area contributed by atoms with Gasteiger partial charge < -0.3 is 20.1 Å². The van der Waals surface area contributed by atoms with Crippen LogP contribution in [0.25, 0.3) is 0 Å². The molecule has 8 heteroatoms. The van der Waals surface area contributed by atoms with Crippen molar-refractivity contribution in [2.45, 2.75) is 19.6 Å². The van der Waals surface area contributed by atoms with Crippen LogP contribution in [0.4, 0.5) is 0 Å². The van der Waals surface area contributed by atoms with Crippen LogP contribution in [0.15, 0.2) is 54.3 Å². The molecule has 2 rings (SSSR count). The lowest BCUT2D eigenvalue weighted by atomic mass is 10.1. The summed E-state index contributed by atoms with van der Waals surface area (Å²) in [6.45, 7) is 5.80. The van der Waals surface area contributed by atoms with Gasteiger partial charge in [0.2, 0.25) is 11.7 Å². The lowest BCUT2D eigenvalue weighted by Gasteiger charge is -2.36. The van der Waals surface area contributed by atoms with Crippen molar-refractivity contribution >= 4 is 29.6 Å². The van der Waals surface area contributed by atoms with Gasteiger partial charge in [-0.15, -0.1) is 18.3 Å². The normalized spacial score (nSPS) is 16.7. The summed E-state index contributed by atoms with van der Waals surface area (Å²) in [7, 11) is 0. The fourth-order valence-electron chi connectivity index (χ4n) is 2.49. The smallest absolute Gasteiger partial charge is 0.374 e. The van der Waals surface area contributed by atoms with Crippen molar-refractivity contribution in [1.82, 2.24) is 4.90 Å². The Bertz CT molecular complexity index is 763. The second-order valence-corrected chi connectivity index (χ2v) is 7.30. The molecule has 1 aliphatic heterocycles. The number of amides is 1. The van der Waals surface area contributed by atoms with Crippen LogP contribution < -0.4 is 5.73 Å². The molecule has 1 atom stereocenters. The highest BCUT2D eigenvalue weighted by molar-refractivity contribution is 8.00. The summed E-state index contributed by atoms with van der Waals surface area (Å²) in [5.41, 5.74) is 6.83. The quantitative estimate of drug-likeness (QED) is 0.158. The number of benzene rings is 1. The van der Waals surface area contributed by atoms with E-state index in [1.54, 1.807) is 13.0 Å². The minimum Gasteiger partial charge on any atom is -0.455 e. The van der Waals surface area contributed by atoms with Gasteiger partial charge in [0.05, 0.1) is 5.75 Å². The van der Waals surface area contributed by atoms with Crippen molar-refractivity contribution in [1.29, 1.82) is 0 Å². The van der Waals surface area contributed by atoms with Gasteiger partial charge >= 0.3 is 11.9 Å². The molecule has 0 bridgehead atoms. The van der Waals surface area contributed by atoms with Gasteiger partial charge in [0.15, 0.2) is 0 Å². The van der Waals surface area contributed by atoms with Gasteiger partial charge in [-0.25, -0.2) is 4.79 Å². The highest BCUT2D eigenvalue weighted by atomic mass is 32.2. The molecule has 7 nitrogen and oxygen atoms in total. The Balaban J connectivity index is 2.06. The van der Waals surface area contributed by atoms with Crippen molar-refractivity contribution in [2.75, 3.05) is 24.6 Å². The van der Waals surface area contributed by atoms with Crippen LogP contribution in [0.1, 0.15) is 12.5 Å². The summed E-state index contributed by atoms with van der Waals surface area (Å²) in [4.78, 5) is 37.9. The highest BCUT2D eigenvalue weighted by Gasteiger charge is 2.34. The first kappa shape index (κ1) is 21.7. The van der Waals surface area contributed by atoms with Crippen LogP contribution in [-0.4, -0.2) is 53.4 Å². The largest absolute Gasteiger partial charge is 0.455 e. The van der Waals surface area contributed by atoms with Crippen molar-refractivity contribution in [3.63, 3.8) is 0 Å². The van der Waals surface area contributed by atoms with E-state index < -0.39 is 18.0 Å². The number of nitrogens with zero attached hydrogens (tertiary/aromatic N) is 1. The molecule has 28 heavy (non-hydrogen) atoms. The standard InChI is InChI=1S/C20H24N2O5S/c1-3-9-28-13-17(23)27-18(14(2)10-22-11-16(21)19(22)24)20(25)26-12-15-7-5-4-6-8-15/h3-8,16H,1,9-13,21H2,2H3/t16-/m0/s1. The number of likely N-dealkylation sites (tertiary alicyclic amines) is 1. The van der Waals surface area contributed by atoms with Gasteiger partial charge in [-0.1, -0.05) is 36.4 Å². The molecule has 1 aromatic rings. The van der Waals surface area contributed by atoms with E-state index in [1.807, 2.05) is 30.3 Å². The maximum atomic E-state index is 12.5. The van der Waals surface area contributed by atoms with Gasteiger partial charge in [0.1, 0.15) is 12.6 Å². The Labute approximate surface area is 168 Å². The first-order chi connectivity index (χ1) is 13.4. The predicted molar refractivity (Wildman–Crippen MR) is 107 cm³/mol. The fraction of sp³-hybridized carbons (Fsp3) is 0.350. The molecule has 0 aromatic heterocycles. The van der Waals surface area contributed by atoms with E-state index in [0.29, 0.717) is 17.9 Å². The topological polar surface area (TPSA) is 98.9 Å². The SMILES string of the molecule is C=CCSCC(=O)OC(C(=O)OCc1ccccc1)=C(C)CN1C[C@H](N)C1=O. The van der Waals surface area contributed by atoms with E-state index in [9.17, 15) is 14.4 Å². The van der Waals surface area contributed by atoms with E-state index in [4.69, 9.17) is 15.2 Å². The summed E-state index contributed by atoms with van der Waals surface area (Å²) < 4.78 is 10.6. The average Bonchev–Trinajstić information content (AvgIpc) is 2.70. The third-order valence-electron chi connectivity index (χ3n) is 3.93. The van der Waals surface area contributed by atoms with E-state index >= 15 is 0 Å². The molecule has 1 fully saturated rings. The van der Waals surface area contributed by atoms with Crippen molar-refractivity contribution in [3.05, 3.63) is 59.9 Å². The molecule has 2 N–H and O–H groups in total. The van der Waals surface area contributed by atoms with Crippen molar-refractivity contribution < 1.29 is 23.9 Å². The predicted octanol–water partition coefficient (Wildman–Crippen LogP) is 1.64. The van der Waals surface area contributed by atoms with Gasteiger partial charge in [-0.05, 0) is 18.1 Å². The molecule has 1 aromatic carbocycles. The minimum atomic E-state index is -0.749. The lowest BCUT2D eigenvalue weighted by molar-refractivity contribution is -0.151. The van der Waals surface area contributed by atoms with Crippen LogP contribution in [0, 0.1) is 0 Å². The van der Waals surface area contributed by atoms with Gasteiger partial charge in [0.25, 0.3) is 0 Å². The first-order valence-electron chi connectivity index (χ1n) is 8.76. The number of nitrogens with two attached hydrogens (primary N) is 1. The molecular formula is C20H24N2O5S. The molecule has 0 unspecified atom stereocenters. The molecule has 1 heterocycles. The molecule has 0 spiro atoms. The fourth-order valence-corrected chi connectivity index (χ4v) is 3.00. The molecule has 1 amide bonds. The summed E-state index contributed by atoms with van der Waals surface area (Å²) >= 11 is 1.32. The summed E-state index contributed by atoms with van der Waals surface area (Å²) in [5, 5.41) is 0. The summed E-state index contributed by atoms with van der Waals surface area (Å²) in [6.07, 6.45) is 1.67. The number of carbonyl (C=O) groups is 3. The Hall–Kier alpha value is -2.58. The Morgan fingerprint density at radius 2 is 2.07 bits per heavy atom. The molecule has 1 aliphatic rings. The molecule has 0 radical (unpaired) electrons. The van der Waals surface area contributed by atoms with Crippen LogP contribution in [0.2, 0.25) is 0 Å². The van der Waals surface area contributed by atoms with Gasteiger partial charge in [0, 0.05) is 18.8 Å². The summed E-state index contributed by atoms with van der Waals surface area (Å²) in [5.74, 6) is -1.04. The van der Waals surface area contributed by atoms with E-state index in [1.165, 1.54) is 16.7 Å². The van der Waals surface area contributed by atoms with Crippen LogP contribution >= 0.6 is 11.8 Å². The number of carbonyl (C=O) groups excluding carboxylic acids is 3. The van der Waals surface area contributed by atoms with Crippen molar-refractivity contribution in [2.24, 2.45) is 5.73 Å². The first-order valence-corrected chi connectivity index (χ1v) is 9.92. The minimum absolute atomic E-state index is 0.0484. The van der Waals surface area contributed by atoms with E-state index in [2.05, 4.69) is 6.58 Å². The second-order valence-electron chi connectivity index (χ2n) is 6.27. The van der Waals surface area contributed by atoms with E-state index in [-0.39, 0.29) is 30.6 Å². The Morgan fingerprint density at radius 1 is 1.36 bits per heavy atom. The van der Waals surface area contributed by atoms with Gasteiger partial charge in [-0.2, -0.15) is 0 Å². The highest BCUT2D eigenvalue weighted by Crippen LogP contribution is 2.17. The number of hydrogen-bond donors (Lipinski definition) is 1. The molecule has 1 saturated heterocycles. The maximum absolute atomic E-state index is 12.5. The number of esters is 2. The third kappa shape index (κ3) is 6.24. The number of hydrogen-bond acceptors (Lipinski definition) is 7. The lowest BCUT2D eigenvalue weighted by Crippen LogP contribution is -2.61. The zero-order valence-electron chi connectivity index (χ0n) is 15.8. The summed E-state index contributed by atoms with van der Waals surface area (Å²) in [6, 6.07) is 8.65. The van der Waals surface area contributed by atoms with Crippen LogP contribution in [0.3, 0.4) is 0 Å². The van der Waals surface area contributed by atoms with Crippen molar-refractivity contribution in [3.8, 4) is 0 Å². The molecule has 0 aliphatic carbocycles. The van der Waals surface area contributed by atoms with Crippen LogP contribution in [0.5, 0.6) is 0 Å². The maximum Gasteiger partial charge on any atom is 0.374 e.